The Morgan fingerprint density at radius 2 is 2.54 bits per heavy atom. The van der Waals surface area contributed by atoms with E-state index in [4.69, 9.17) is 0 Å². The van der Waals surface area contributed by atoms with Crippen molar-refractivity contribution >= 4 is 5.78 Å². The Kier molecular flexibility index (Phi) is 2.17. The first-order valence-corrected chi connectivity index (χ1v) is 4.77. The lowest BCUT2D eigenvalue weighted by molar-refractivity contribution is -0.120. The fourth-order valence-electron chi connectivity index (χ4n) is 1.93. The molecule has 0 N–H and O–H groups in total. The molecule has 2 rings (SSSR count). The molecule has 70 valence electrons. The quantitative estimate of drug-likeness (QED) is 0.684. The zero-order valence-electron chi connectivity index (χ0n) is 7.86. The van der Waals surface area contributed by atoms with E-state index in [2.05, 4.69) is 5.10 Å². The number of ketones is 1. The van der Waals surface area contributed by atoms with Gasteiger partial charge in [0.2, 0.25) is 0 Å². The minimum Gasteiger partial charge on any atom is -0.299 e. The summed E-state index contributed by atoms with van der Waals surface area (Å²) in [6.07, 6.45) is 5.65. The molecular formula is C10H14N2O. The third kappa shape index (κ3) is 1.79. The number of hydrogen-bond donors (Lipinski definition) is 0. The van der Waals surface area contributed by atoms with Gasteiger partial charge in [-0.2, -0.15) is 5.10 Å². The van der Waals surface area contributed by atoms with E-state index in [-0.39, 0.29) is 5.92 Å². The van der Waals surface area contributed by atoms with Crippen LogP contribution in [0.15, 0.2) is 12.3 Å². The summed E-state index contributed by atoms with van der Waals surface area (Å²) < 4.78 is 1.79. The predicted octanol–water partition coefficient (Wildman–Crippen LogP) is 1.33. The van der Waals surface area contributed by atoms with Crippen LogP contribution in [0.5, 0.6) is 0 Å². The number of nitrogens with zero attached hydrogens (tertiary/aromatic N) is 2. The van der Waals surface area contributed by atoms with Crippen LogP contribution in [0.25, 0.3) is 0 Å². The Morgan fingerprint density at radius 1 is 1.69 bits per heavy atom. The fourth-order valence-corrected chi connectivity index (χ4v) is 1.93. The van der Waals surface area contributed by atoms with Crippen molar-refractivity contribution in [3.05, 3.63) is 18.0 Å². The lowest BCUT2D eigenvalue weighted by Crippen LogP contribution is -2.10. The van der Waals surface area contributed by atoms with E-state index in [0.717, 1.165) is 31.4 Å². The van der Waals surface area contributed by atoms with E-state index in [0.29, 0.717) is 5.78 Å². The molecule has 1 aromatic rings. The van der Waals surface area contributed by atoms with Crippen molar-refractivity contribution in [1.82, 2.24) is 9.78 Å². The Hall–Kier alpha value is -1.12. The Balaban J connectivity index is 2.01. The van der Waals surface area contributed by atoms with Gasteiger partial charge < -0.3 is 0 Å². The van der Waals surface area contributed by atoms with Crippen molar-refractivity contribution in [1.29, 1.82) is 0 Å². The Bertz CT molecular complexity index is 316. The molecule has 0 bridgehead atoms. The van der Waals surface area contributed by atoms with Crippen molar-refractivity contribution in [3.63, 3.8) is 0 Å². The van der Waals surface area contributed by atoms with Gasteiger partial charge in [-0.1, -0.05) is 0 Å². The SMILES string of the molecule is Cn1ccc(CC2CCCC2=O)n1. The molecule has 13 heavy (non-hydrogen) atoms. The summed E-state index contributed by atoms with van der Waals surface area (Å²) in [5.41, 5.74) is 1.04. The molecule has 1 aromatic heterocycles. The number of aryl methyl sites for hydroxylation is 1. The lowest BCUT2D eigenvalue weighted by Gasteiger charge is -2.03. The van der Waals surface area contributed by atoms with Crippen LogP contribution in [0.2, 0.25) is 0 Å². The normalized spacial score (nSPS) is 22.5. The molecule has 0 saturated heterocycles. The lowest BCUT2D eigenvalue weighted by atomic mass is 10.0. The first-order chi connectivity index (χ1) is 6.25. The third-order valence-electron chi connectivity index (χ3n) is 2.66. The molecule has 0 aromatic carbocycles. The highest BCUT2D eigenvalue weighted by atomic mass is 16.1. The summed E-state index contributed by atoms with van der Waals surface area (Å²) in [5, 5.41) is 4.27. The smallest absolute Gasteiger partial charge is 0.136 e. The molecular weight excluding hydrogens is 164 g/mol. The van der Waals surface area contributed by atoms with Gasteiger partial charge in [0.15, 0.2) is 0 Å². The average molecular weight is 178 g/mol. The van der Waals surface area contributed by atoms with Crippen molar-refractivity contribution < 1.29 is 4.79 Å². The first kappa shape index (κ1) is 8.48. The van der Waals surface area contributed by atoms with Crippen LogP contribution < -0.4 is 0 Å². The molecule has 1 aliphatic rings. The van der Waals surface area contributed by atoms with Crippen molar-refractivity contribution in [2.45, 2.75) is 25.7 Å². The predicted molar refractivity (Wildman–Crippen MR) is 49.3 cm³/mol. The van der Waals surface area contributed by atoms with Gasteiger partial charge in [-0.05, 0) is 18.9 Å². The standard InChI is InChI=1S/C10H14N2O/c1-12-6-5-9(11-12)7-8-3-2-4-10(8)13/h5-6,8H,2-4,7H2,1H3. The van der Waals surface area contributed by atoms with Gasteiger partial charge in [-0.15, -0.1) is 0 Å². The Morgan fingerprint density at radius 3 is 3.08 bits per heavy atom. The monoisotopic (exact) mass is 178 g/mol. The maximum atomic E-state index is 11.4. The highest BCUT2D eigenvalue weighted by molar-refractivity contribution is 5.83. The molecule has 1 aliphatic carbocycles. The van der Waals surface area contributed by atoms with E-state index in [1.807, 2.05) is 19.3 Å². The second kappa shape index (κ2) is 3.32. The molecule has 1 fully saturated rings. The first-order valence-electron chi connectivity index (χ1n) is 4.77. The largest absolute Gasteiger partial charge is 0.299 e. The molecule has 0 aliphatic heterocycles. The Labute approximate surface area is 77.7 Å². The van der Waals surface area contributed by atoms with Crippen molar-refractivity contribution in [2.75, 3.05) is 0 Å². The zero-order valence-corrected chi connectivity index (χ0v) is 7.86. The van der Waals surface area contributed by atoms with Gasteiger partial charge in [-0.25, -0.2) is 0 Å². The third-order valence-corrected chi connectivity index (χ3v) is 2.66. The molecule has 0 amide bonds. The topological polar surface area (TPSA) is 34.9 Å². The van der Waals surface area contributed by atoms with E-state index < -0.39 is 0 Å². The van der Waals surface area contributed by atoms with Crippen molar-refractivity contribution in [3.8, 4) is 0 Å². The van der Waals surface area contributed by atoms with Gasteiger partial charge in [0, 0.05) is 32.0 Å². The van der Waals surface area contributed by atoms with Crippen LogP contribution in [0.4, 0.5) is 0 Å². The highest BCUT2D eigenvalue weighted by Crippen LogP contribution is 2.24. The van der Waals surface area contributed by atoms with Gasteiger partial charge in [-0.3, -0.25) is 9.48 Å². The molecule has 0 spiro atoms. The van der Waals surface area contributed by atoms with Gasteiger partial charge in [0.05, 0.1) is 5.69 Å². The molecule has 0 radical (unpaired) electrons. The number of carbonyl (C=O) groups excluding carboxylic acids is 1. The molecule has 3 heteroatoms. The molecule has 1 unspecified atom stereocenters. The summed E-state index contributed by atoms with van der Waals surface area (Å²) in [5.74, 6) is 0.667. The van der Waals surface area contributed by atoms with Crippen LogP contribution in [0, 0.1) is 5.92 Å². The summed E-state index contributed by atoms with van der Waals surface area (Å²) >= 11 is 0. The van der Waals surface area contributed by atoms with Crippen LogP contribution >= 0.6 is 0 Å². The van der Waals surface area contributed by atoms with Crippen LogP contribution in [0.1, 0.15) is 25.0 Å². The molecule has 1 saturated carbocycles. The van der Waals surface area contributed by atoms with Crippen molar-refractivity contribution in [2.24, 2.45) is 13.0 Å². The minimum absolute atomic E-state index is 0.245. The second-order valence-corrected chi connectivity index (χ2v) is 3.74. The van der Waals surface area contributed by atoms with Crippen LogP contribution in [-0.4, -0.2) is 15.6 Å². The van der Waals surface area contributed by atoms with Crippen LogP contribution in [-0.2, 0) is 18.3 Å². The van der Waals surface area contributed by atoms with E-state index in [1.54, 1.807) is 4.68 Å². The summed E-state index contributed by atoms with van der Waals surface area (Å²) in [6, 6.07) is 1.99. The second-order valence-electron chi connectivity index (χ2n) is 3.74. The molecule has 3 nitrogen and oxygen atoms in total. The van der Waals surface area contributed by atoms with Gasteiger partial charge >= 0.3 is 0 Å². The number of Topliss-reactive ketones (excluding diaryl/α,β-unsaturated/α-hetero) is 1. The molecule has 1 atom stereocenters. The summed E-state index contributed by atoms with van der Waals surface area (Å²) in [7, 11) is 1.90. The number of hydrogen-bond acceptors (Lipinski definition) is 2. The average Bonchev–Trinajstić information content (AvgIpc) is 2.64. The number of aromatic nitrogens is 2. The number of rotatable bonds is 2. The summed E-state index contributed by atoms with van der Waals surface area (Å²) in [4.78, 5) is 11.4. The number of carbonyl (C=O) groups is 1. The van der Waals surface area contributed by atoms with Crippen LogP contribution in [0.3, 0.4) is 0 Å². The fraction of sp³-hybridized carbons (Fsp3) is 0.600. The van der Waals surface area contributed by atoms with Gasteiger partial charge in [0.25, 0.3) is 0 Å². The van der Waals surface area contributed by atoms with E-state index in [1.165, 1.54) is 0 Å². The zero-order chi connectivity index (χ0) is 9.26. The maximum Gasteiger partial charge on any atom is 0.136 e. The molecule has 1 heterocycles. The van der Waals surface area contributed by atoms with Gasteiger partial charge in [0.1, 0.15) is 5.78 Å². The maximum absolute atomic E-state index is 11.4. The minimum atomic E-state index is 0.245. The van der Waals surface area contributed by atoms with E-state index >= 15 is 0 Å². The highest BCUT2D eigenvalue weighted by Gasteiger charge is 2.24. The summed E-state index contributed by atoms with van der Waals surface area (Å²) in [6.45, 7) is 0. The van der Waals surface area contributed by atoms with E-state index in [9.17, 15) is 4.79 Å².